The van der Waals surface area contributed by atoms with Gasteiger partial charge >= 0.3 is 6.18 Å². The van der Waals surface area contributed by atoms with Gasteiger partial charge in [0.1, 0.15) is 12.3 Å². The smallest absolute Gasteiger partial charge is 0.406 e. The van der Waals surface area contributed by atoms with Crippen LogP contribution in [0.1, 0.15) is 19.6 Å². The van der Waals surface area contributed by atoms with Crippen molar-refractivity contribution < 1.29 is 22.4 Å². The van der Waals surface area contributed by atoms with Crippen LogP contribution in [-0.2, 0) is 11.3 Å². The highest BCUT2D eigenvalue weighted by Gasteiger charge is 2.33. The Bertz CT molecular complexity index is 400. The topological polar surface area (TPSA) is 36.7 Å². The van der Waals surface area contributed by atoms with E-state index in [1.807, 2.05) is 13.8 Å². The fraction of sp³-hybridized carbons (Fsp3) is 0.615. The summed E-state index contributed by atoms with van der Waals surface area (Å²) < 4.78 is 42.7. The van der Waals surface area contributed by atoms with Crippen LogP contribution >= 0.6 is 0 Å². The molecular formula is C13H19F3N2O2. The van der Waals surface area contributed by atoms with Crippen LogP contribution in [0.2, 0.25) is 0 Å². The molecule has 1 heterocycles. The van der Waals surface area contributed by atoms with E-state index in [1.54, 1.807) is 17.0 Å². The second kappa shape index (κ2) is 7.33. The van der Waals surface area contributed by atoms with Crippen molar-refractivity contribution in [1.82, 2.24) is 9.80 Å². The molecule has 0 atom stereocenters. The van der Waals surface area contributed by atoms with E-state index >= 15 is 0 Å². The number of hydrogen-bond donors (Lipinski definition) is 0. The highest BCUT2D eigenvalue weighted by atomic mass is 19.4. The Kier molecular flexibility index (Phi) is 6.06. The first kappa shape index (κ1) is 16.6. The first-order chi connectivity index (χ1) is 9.35. The minimum absolute atomic E-state index is 0.0240. The summed E-state index contributed by atoms with van der Waals surface area (Å²) in [5.74, 6) is -0.218. The monoisotopic (exact) mass is 292 g/mol. The molecule has 0 radical (unpaired) electrons. The third kappa shape index (κ3) is 5.64. The third-order valence-electron chi connectivity index (χ3n) is 2.90. The number of rotatable bonds is 7. The molecule has 0 aliphatic rings. The maximum atomic E-state index is 12.6. The second-order valence-corrected chi connectivity index (χ2v) is 4.41. The van der Waals surface area contributed by atoms with E-state index in [0.29, 0.717) is 18.8 Å². The summed E-state index contributed by atoms with van der Waals surface area (Å²) in [6.07, 6.45) is -3.05. The Morgan fingerprint density at radius 2 is 1.95 bits per heavy atom. The zero-order valence-electron chi connectivity index (χ0n) is 11.6. The summed E-state index contributed by atoms with van der Waals surface area (Å²) in [4.78, 5) is 14.6. The highest BCUT2D eigenvalue weighted by molar-refractivity contribution is 5.78. The number of amides is 1. The van der Waals surface area contributed by atoms with E-state index in [1.165, 1.54) is 6.26 Å². The first-order valence-corrected chi connectivity index (χ1v) is 6.45. The molecule has 1 amide bonds. The molecule has 0 saturated carbocycles. The summed E-state index contributed by atoms with van der Waals surface area (Å²) in [7, 11) is 0. The Morgan fingerprint density at radius 1 is 1.30 bits per heavy atom. The van der Waals surface area contributed by atoms with Crippen molar-refractivity contribution in [1.29, 1.82) is 0 Å². The van der Waals surface area contributed by atoms with Crippen LogP contribution in [0.25, 0.3) is 0 Å². The maximum Gasteiger partial charge on any atom is 0.406 e. The van der Waals surface area contributed by atoms with Crippen molar-refractivity contribution in [3.63, 3.8) is 0 Å². The van der Waals surface area contributed by atoms with Crippen LogP contribution in [0.4, 0.5) is 13.2 Å². The van der Waals surface area contributed by atoms with E-state index < -0.39 is 18.6 Å². The standard InChI is InChI=1S/C13H19F3N2O2/c1-3-17(4-2)9-12(19)18(10-13(14,15)16)8-11-6-5-7-20-11/h5-7H,3-4,8-10H2,1-2H3. The zero-order chi connectivity index (χ0) is 15.2. The molecule has 114 valence electrons. The Balaban J connectivity index is 2.73. The molecule has 1 aromatic rings. The molecule has 0 aromatic carbocycles. The zero-order valence-corrected chi connectivity index (χ0v) is 11.6. The molecule has 0 spiro atoms. The van der Waals surface area contributed by atoms with E-state index in [-0.39, 0.29) is 13.1 Å². The lowest BCUT2D eigenvalue weighted by atomic mass is 10.3. The van der Waals surface area contributed by atoms with Gasteiger partial charge in [0, 0.05) is 0 Å². The molecule has 0 aliphatic carbocycles. The average molecular weight is 292 g/mol. The molecule has 0 N–H and O–H groups in total. The Morgan fingerprint density at radius 3 is 2.40 bits per heavy atom. The number of carbonyl (C=O) groups is 1. The normalized spacial score (nSPS) is 11.9. The van der Waals surface area contributed by atoms with E-state index in [9.17, 15) is 18.0 Å². The summed E-state index contributed by atoms with van der Waals surface area (Å²) in [6.45, 7) is 3.48. The predicted molar refractivity (Wildman–Crippen MR) is 68.0 cm³/mol. The SMILES string of the molecule is CCN(CC)CC(=O)N(Cc1ccco1)CC(F)(F)F. The van der Waals surface area contributed by atoms with Gasteiger partial charge < -0.3 is 9.32 Å². The maximum absolute atomic E-state index is 12.6. The molecule has 0 fully saturated rings. The van der Waals surface area contributed by atoms with Crippen molar-refractivity contribution in [3.8, 4) is 0 Å². The van der Waals surface area contributed by atoms with Crippen LogP contribution in [-0.4, -0.2) is 48.1 Å². The van der Waals surface area contributed by atoms with Gasteiger partial charge in [0.15, 0.2) is 0 Å². The number of nitrogens with zero attached hydrogens (tertiary/aromatic N) is 2. The van der Waals surface area contributed by atoms with Crippen LogP contribution in [0.15, 0.2) is 22.8 Å². The summed E-state index contributed by atoms with van der Waals surface area (Å²) in [6, 6.07) is 3.13. The number of furan rings is 1. The number of likely N-dealkylation sites (N-methyl/N-ethyl adjacent to an activating group) is 1. The summed E-state index contributed by atoms with van der Waals surface area (Å²) in [5, 5.41) is 0. The molecule has 7 heteroatoms. The van der Waals surface area contributed by atoms with Crippen LogP contribution in [0.3, 0.4) is 0 Å². The van der Waals surface area contributed by atoms with E-state index in [4.69, 9.17) is 4.42 Å². The fourth-order valence-electron chi connectivity index (χ4n) is 1.78. The lowest BCUT2D eigenvalue weighted by Crippen LogP contribution is -2.44. The molecule has 0 unspecified atom stereocenters. The predicted octanol–water partition coefficient (Wildman–Crippen LogP) is 2.51. The number of hydrogen-bond acceptors (Lipinski definition) is 3. The molecule has 0 saturated heterocycles. The van der Waals surface area contributed by atoms with Crippen LogP contribution in [0, 0.1) is 0 Å². The van der Waals surface area contributed by atoms with Crippen molar-refractivity contribution in [2.24, 2.45) is 0 Å². The van der Waals surface area contributed by atoms with Gasteiger partial charge in [-0.15, -0.1) is 0 Å². The molecule has 0 bridgehead atoms. The van der Waals surface area contributed by atoms with Crippen molar-refractivity contribution >= 4 is 5.91 Å². The molecular weight excluding hydrogens is 273 g/mol. The Hall–Kier alpha value is -1.50. The van der Waals surface area contributed by atoms with E-state index in [0.717, 1.165) is 4.90 Å². The Labute approximate surface area is 116 Å². The van der Waals surface area contributed by atoms with Gasteiger partial charge in [0.25, 0.3) is 0 Å². The van der Waals surface area contributed by atoms with Crippen LogP contribution in [0.5, 0.6) is 0 Å². The summed E-state index contributed by atoms with van der Waals surface area (Å²) >= 11 is 0. The second-order valence-electron chi connectivity index (χ2n) is 4.41. The highest BCUT2D eigenvalue weighted by Crippen LogP contribution is 2.18. The third-order valence-corrected chi connectivity index (χ3v) is 2.90. The van der Waals surface area contributed by atoms with Gasteiger partial charge in [-0.05, 0) is 25.2 Å². The minimum Gasteiger partial charge on any atom is -0.467 e. The molecule has 1 rings (SSSR count). The molecule has 0 aliphatic heterocycles. The molecule has 1 aromatic heterocycles. The molecule has 4 nitrogen and oxygen atoms in total. The lowest BCUT2D eigenvalue weighted by molar-refractivity contribution is -0.163. The van der Waals surface area contributed by atoms with Crippen molar-refractivity contribution in [3.05, 3.63) is 24.2 Å². The van der Waals surface area contributed by atoms with Gasteiger partial charge in [-0.3, -0.25) is 9.69 Å². The first-order valence-electron chi connectivity index (χ1n) is 6.45. The van der Waals surface area contributed by atoms with Gasteiger partial charge in [-0.2, -0.15) is 13.2 Å². The van der Waals surface area contributed by atoms with Gasteiger partial charge in [-0.25, -0.2) is 0 Å². The fourth-order valence-corrected chi connectivity index (χ4v) is 1.78. The average Bonchev–Trinajstić information content (AvgIpc) is 2.86. The van der Waals surface area contributed by atoms with Gasteiger partial charge in [0.2, 0.25) is 5.91 Å². The van der Waals surface area contributed by atoms with Crippen LogP contribution < -0.4 is 0 Å². The van der Waals surface area contributed by atoms with Crippen molar-refractivity contribution in [2.75, 3.05) is 26.2 Å². The molecule has 20 heavy (non-hydrogen) atoms. The lowest BCUT2D eigenvalue weighted by Gasteiger charge is -2.26. The number of halogens is 3. The van der Waals surface area contributed by atoms with Gasteiger partial charge in [-0.1, -0.05) is 13.8 Å². The number of alkyl halides is 3. The minimum atomic E-state index is -4.43. The quantitative estimate of drug-likeness (QED) is 0.775. The largest absolute Gasteiger partial charge is 0.467 e. The van der Waals surface area contributed by atoms with E-state index in [2.05, 4.69) is 0 Å². The van der Waals surface area contributed by atoms with Gasteiger partial charge in [0.05, 0.1) is 19.4 Å². The van der Waals surface area contributed by atoms with Crippen molar-refractivity contribution in [2.45, 2.75) is 26.6 Å². The number of carbonyl (C=O) groups excluding carboxylic acids is 1. The summed E-state index contributed by atoms with van der Waals surface area (Å²) in [5.41, 5.74) is 0.